The summed E-state index contributed by atoms with van der Waals surface area (Å²) in [4.78, 5) is 17.0. The highest BCUT2D eigenvalue weighted by molar-refractivity contribution is 6.05. The van der Waals surface area contributed by atoms with Crippen LogP contribution in [0.25, 0.3) is 11.5 Å². The van der Waals surface area contributed by atoms with Crippen LogP contribution < -0.4 is 10.1 Å². The van der Waals surface area contributed by atoms with Crippen molar-refractivity contribution in [3.8, 4) is 17.3 Å². The third-order valence-corrected chi connectivity index (χ3v) is 3.83. The van der Waals surface area contributed by atoms with Crippen molar-refractivity contribution in [3.63, 3.8) is 0 Å². The average molecular weight is 351 g/mol. The highest BCUT2D eigenvalue weighted by Crippen LogP contribution is 2.23. The van der Waals surface area contributed by atoms with Crippen LogP contribution in [-0.2, 0) is 6.54 Å². The Morgan fingerprint density at radius 2 is 2.12 bits per heavy atom. The van der Waals surface area contributed by atoms with Crippen molar-refractivity contribution in [1.82, 2.24) is 19.7 Å². The maximum Gasteiger partial charge on any atom is 0.260 e. The quantitative estimate of drug-likeness (QED) is 0.630. The summed E-state index contributed by atoms with van der Waals surface area (Å²) >= 11 is 0. The zero-order valence-corrected chi connectivity index (χ0v) is 13.6. The number of fused-ring (bicyclic) bond motifs is 5. The molecule has 1 aliphatic rings. The highest BCUT2D eigenvalue weighted by Gasteiger charge is 2.16. The molecule has 2 bridgehead atoms. The van der Waals surface area contributed by atoms with Crippen LogP contribution in [0.3, 0.4) is 0 Å². The molecule has 0 aliphatic carbocycles. The Kier molecular flexibility index (Phi) is 4.14. The van der Waals surface area contributed by atoms with Gasteiger partial charge in [-0.1, -0.05) is 12.1 Å². The number of carbonyl (C=O) groups excluding carboxylic acids is 1. The first kappa shape index (κ1) is 15.9. The van der Waals surface area contributed by atoms with Crippen molar-refractivity contribution in [2.45, 2.75) is 6.54 Å². The van der Waals surface area contributed by atoms with Gasteiger partial charge in [-0.2, -0.15) is 0 Å². The Morgan fingerprint density at radius 1 is 1.19 bits per heavy atom. The molecule has 0 spiro atoms. The van der Waals surface area contributed by atoms with Gasteiger partial charge in [-0.25, -0.2) is 9.37 Å². The molecule has 1 amide bonds. The number of benzene rings is 1. The summed E-state index contributed by atoms with van der Waals surface area (Å²) in [5.74, 6) is 0.199. The summed E-state index contributed by atoms with van der Waals surface area (Å²) < 4.78 is 20.9. The SMILES string of the molecule is O=C1Nc2cccc(n2)-c2nncn2C/C=C/COc2cc(F)ccc21. The summed E-state index contributed by atoms with van der Waals surface area (Å²) in [6.07, 6.45) is 5.26. The second-order valence-electron chi connectivity index (χ2n) is 5.59. The number of anilines is 1. The van der Waals surface area contributed by atoms with E-state index < -0.39 is 11.7 Å². The molecule has 4 rings (SSSR count). The fourth-order valence-corrected chi connectivity index (χ4v) is 2.60. The summed E-state index contributed by atoms with van der Waals surface area (Å²) in [5.41, 5.74) is 0.813. The molecule has 0 saturated heterocycles. The summed E-state index contributed by atoms with van der Waals surface area (Å²) in [5, 5.41) is 10.7. The Hall–Kier alpha value is -3.55. The van der Waals surface area contributed by atoms with Crippen molar-refractivity contribution in [2.24, 2.45) is 0 Å². The third-order valence-electron chi connectivity index (χ3n) is 3.83. The molecule has 0 unspecified atom stereocenters. The molecule has 2 aromatic heterocycles. The van der Waals surface area contributed by atoms with Gasteiger partial charge in [-0.3, -0.25) is 4.79 Å². The topological polar surface area (TPSA) is 81.9 Å². The normalized spacial score (nSPS) is 15.0. The van der Waals surface area contributed by atoms with Gasteiger partial charge >= 0.3 is 0 Å². The number of halogens is 1. The molecule has 0 saturated carbocycles. The van der Waals surface area contributed by atoms with Gasteiger partial charge in [0.15, 0.2) is 5.82 Å². The fraction of sp³-hybridized carbons (Fsp3) is 0.111. The monoisotopic (exact) mass is 351 g/mol. The van der Waals surface area contributed by atoms with Crippen molar-refractivity contribution in [1.29, 1.82) is 0 Å². The van der Waals surface area contributed by atoms with E-state index in [1.165, 1.54) is 18.2 Å². The number of pyridine rings is 1. The van der Waals surface area contributed by atoms with Crippen molar-refractivity contribution in [2.75, 3.05) is 11.9 Å². The van der Waals surface area contributed by atoms with Crippen LogP contribution in [0.5, 0.6) is 5.75 Å². The van der Waals surface area contributed by atoms with Crippen LogP contribution in [0.2, 0.25) is 0 Å². The smallest absolute Gasteiger partial charge is 0.260 e. The largest absolute Gasteiger partial charge is 0.489 e. The molecule has 0 radical (unpaired) electrons. The Morgan fingerprint density at radius 3 is 3.04 bits per heavy atom. The zero-order valence-electron chi connectivity index (χ0n) is 13.6. The number of hydrogen-bond acceptors (Lipinski definition) is 5. The number of hydrogen-bond donors (Lipinski definition) is 1. The van der Waals surface area contributed by atoms with E-state index in [0.717, 1.165) is 0 Å². The molecule has 7 nitrogen and oxygen atoms in total. The zero-order chi connectivity index (χ0) is 17.9. The molecule has 1 aromatic carbocycles. The first-order valence-corrected chi connectivity index (χ1v) is 7.94. The molecule has 3 heterocycles. The van der Waals surface area contributed by atoms with Crippen LogP contribution in [-0.4, -0.2) is 32.3 Å². The first-order valence-electron chi connectivity index (χ1n) is 7.94. The maximum absolute atomic E-state index is 13.5. The molecule has 3 aromatic rings. The summed E-state index contributed by atoms with van der Waals surface area (Å²) in [7, 11) is 0. The number of amides is 1. The lowest BCUT2D eigenvalue weighted by molar-refractivity contribution is 0.102. The van der Waals surface area contributed by atoms with E-state index in [0.29, 0.717) is 23.9 Å². The number of allylic oxidation sites excluding steroid dienone is 1. The minimum atomic E-state index is -0.476. The second kappa shape index (κ2) is 6.75. The number of ether oxygens (including phenoxy) is 1. The van der Waals surface area contributed by atoms with Crippen LogP contribution in [0.4, 0.5) is 10.2 Å². The standard InChI is InChI=1S/C18H14FN5O2/c19-12-6-7-13-15(10-12)26-9-2-1-8-24-11-20-23-17(24)14-4-3-5-16(21-14)22-18(13)25/h1-7,10-11H,8-9H2,(H,21,22,25)/b2-1+. The van der Waals surface area contributed by atoms with Gasteiger partial charge in [0, 0.05) is 12.6 Å². The van der Waals surface area contributed by atoms with Crippen molar-refractivity contribution in [3.05, 3.63) is 66.3 Å². The van der Waals surface area contributed by atoms with E-state index in [1.807, 2.05) is 10.6 Å². The Bertz CT molecular complexity index is 999. The van der Waals surface area contributed by atoms with E-state index in [4.69, 9.17) is 4.74 Å². The van der Waals surface area contributed by atoms with E-state index in [-0.39, 0.29) is 17.9 Å². The van der Waals surface area contributed by atoms with Gasteiger partial charge in [0.25, 0.3) is 5.91 Å². The van der Waals surface area contributed by atoms with E-state index in [2.05, 4.69) is 20.5 Å². The minimum absolute atomic E-state index is 0.172. The predicted octanol–water partition coefficient (Wildman–Crippen LogP) is 2.68. The number of carbonyl (C=O) groups is 1. The lowest BCUT2D eigenvalue weighted by atomic mass is 10.2. The second-order valence-corrected chi connectivity index (χ2v) is 5.59. The third kappa shape index (κ3) is 3.16. The van der Waals surface area contributed by atoms with Gasteiger partial charge in [-0.15, -0.1) is 10.2 Å². The maximum atomic E-state index is 13.5. The summed E-state index contributed by atoms with van der Waals surface area (Å²) in [6.45, 7) is 0.727. The lowest BCUT2D eigenvalue weighted by Crippen LogP contribution is -2.15. The highest BCUT2D eigenvalue weighted by atomic mass is 19.1. The molecule has 26 heavy (non-hydrogen) atoms. The molecular weight excluding hydrogens is 337 g/mol. The first-order chi connectivity index (χ1) is 12.7. The molecule has 0 fully saturated rings. The number of nitrogens with zero attached hydrogens (tertiary/aromatic N) is 4. The van der Waals surface area contributed by atoms with Gasteiger partial charge < -0.3 is 14.6 Å². The van der Waals surface area contributed by atoms with E-state index >= 15 is 0 Å². The molecule has 1 aliphatic heterocycles. The van der Waals surface area contributed by atoms with Crippen molar-refractivity contribution < 1.29 is 13.9 Å². The molecule has 0 atom stereocenters. The van der Waals surface area contributed by atoms with Gasteiger partial charge in [-0.05, 0) is 30.3 Å². The number of aromatic nitrogens is 4. The number of rotatable bonds is 0. The van der Waals surface area contributed by atoms with Gasteiger partial charge in [0.1, 0.15) is 36.0 Å². The van der Waals surface area contributed by atoms with E-state index in [9.17, 15) is 9.18 Å². The average Bonchev–Trinajstić information content (AvgIpc) is 3.09. The Balaban J connectivity index is 1.78. The van der Waals surface area contributed by atoms with Crippen LogP contribution in [0.1, 0.15) is 10.4 Å². The van der Waals surface area contributed by atoms with Crippen LogP contribution in [0.15, 0.2) is 54.9 Å². The Labute approximate surface area is 148 Å². The molecular formula is C18H14FN5O2. The molecule has 1 N–H and O–H groups in total. The van der Waals surface area contributed by atoms with Gasteiger partial charge in [0.05, 0.1) is 5.56 Å². The lowest BCUT2D eigenvalue weighted by Gasteiger charge is -2.12. The molecule has 130 valence electrons. The van der Waals surface area contributed by atoms with E-state index in [1.54, 1.807) is 30.6 Å². The van der Waals surface area contributed by atoms with Crippen LogP contribution in [0, 0.1) is 5.82 Å². The minimum Gasteiger partial charge on any atom is -0.489 e. The fourth-order valence-electron chi connectivity index (χ4n) is 2.60. The van der Waals surface area contributed by atoms with Crippen molar-refractivity contribution >= 4 is 11.7 Å². The van der Waals surface area contributed by atoms with Gasteiger partial charge in [0.2, 0.25) is 0 Å². The summed E-state index contributed by atoms with van der Waals surface area (Å²) in [6, 6.07) is 9.01. The number of nitrogens with one attached hydrogen (secondary N) is 1. The molecule has 8 heteroatoms. The predicted molar refractivity (Wildman–Crippen MR) is 92.2 cm³/mol. The van der Waals surface area contributed by atoms with Crippen LogP contribution >= 0.6 is 0 Å².